The van der Waals surface area contributed by atoms with Crippen LogP contribution in [-0.4, -0.2) is 27.1 Å². The summed E-state index contributed by atoms with van der Waals surface area (Å²) < 4.78 is 37.7. The molecule has 1 aliphatic heterocycles. The summed E-state index contributed by atoms with van der Waals surface area (Å²) in [6.45, 7) is 0.427. The molecule has 0 unspecified atom stereocenters. The molecule has 0 saturated carbocycles. The fraction of sp³-hybridized carbons (Fsp3) is 0.278. The third kappa shape index (κ3) is 4.17. The summed E-state index contributed by atoms with van der Waals surface area (Å²) in [4.78, 5) is 12.1. The molecule has 0 atom stereocenters. The molecule has 2 aromatic rings. The van der Waals surface area contributed by atoms with Crippen LogP contribution in [-0.2, 0) is 27.7 Å². The van der Waals surface area contributed by atoms with Crippen molar-refractivity contribution in [3.05, 3.63) is 59.4 Å². The molecule has 0 aromatic heterocycles. The van der Waals surface area contributed by atoms with E-state index in [9.17, 15) is 17.6 Å². The number of hydrogen-bond acceptors (Lipinski definition) is 3. The number of nitrogens with one attached hydrogen (secondary N) is 1. The van der Waals surface area contributed by atoms with Crippen LogP contribution in [0.1, 0.15) is 17.5 Å². The largest absolute Gasteiger partial charge is 0.326 e. The Morgan fingerprint density at radius 1 is 1.20 bits per heavy atom. The number of sulfonamides is 1. The number of rotatable bonds is 5. The van der Waals surface area contributed by atoms with Crippen molar-refractivity contribution < 1.29 is 17.6 Å². The van der Waals surface area contributed by atoms with Gasteiger partial charge in [-0.3, -0.25) is 9.10 Å². The molecule has 0 radical (unpaired) electrons. The maximum Gasteiger partial charge on any atom is 0.232 e. The van der Waals surface area contributed by atoms with E-state index in [0.29, 0.717) is 30.8 Å². The van der Waals surface area contributed by atoms with Crippen LogP contribution in [0.15, 0.2) is 42.5 Å². The number of fused-ring (bicyclic) bond motifs is 1. The predicted molar refractivity (Wildman–Crippen MR) is 95.7 cm³/mol. The maximum atomic E-state index is 12.9. The van der Waals surface area contributed by atoms with Crippen molar-refractivity contribution in [2.24, 2.45) is 0 Å². The first kappa shape index (κ1) is 17.4. The smallest absolute Gasteiger partial charge is 0.232 e. The van der Waals surface area contributed by atoms with Crippen LogP contribution in [0, 0.1) is 5.82 Å². The van der Waals surface area contributed by atoms with Crippen LogP contribution in [0.25, 0.3) is 0 Å². The topological polar surface area (TPSA) is 66.5 Å². The van der Waals surface area contributed by atoms with E-state index in [1.807, 2.05) is 6.07 Å². The first-order chi connectivity index (χ1) is 11.8. The minimum Gasteiger partial charge on any atom is -0.326 e. The quantitative estimate of drug-likeness (QED) is 0.889. The molecule has 1 heterocycles. The molecule has 5 nitrogen and oxygen atoms in total. The Labute approximate surface area is 146 Å². The molecule has 25 heavy (non-hydrogen) atoms. The zero-order chi connectivity index (χ0) is 18.0. The van der Waals surface area contributed by atoms with Gasteiger partial charge in [0.1, 0.15) is 5.82 Å². The average Bonchev–Trinajstić information content (AvgIpc) is 2.98. The highest BCUT2D eigenvalue weighted by molar-refractivity contribution is 7.92. The number of hydrogen-bond donors (Lipinski definition) is 1. The number of benzene rings is 2. The van der Waals surface area contributed by atoms with Gasteiger partial charge in [0.2, 0.25) is 15.9 Å². The van der Waals surface area contributed by atoms with E-state index in [0.717, 1.165) is 11.1 Å². The average molecular weight is 362 g/mol. The Bertz CT molecular complexity index is 895. The SMILES string of the molecule is CS(=O)(=O)N1CCc2cc(NC(=O)CCc3ccc(F)cc3)ccc21. The van der Waals surface area contributed by atoms with Gasteiger partial charge in [0, 0.05) is 18.7 Å². The number of carbonyl (C=O) groups is 1. The second-order valence-corrected chi connectivity index (χ2v) is 8.01. The van der Waals surface area contributed by atoms with Crippen LogP contribution in [0.4, 0.5) is 15.8 Å². The fourth-order valence-corrected chi connectivity index (χ4v) is 3.88. The fourth-order valence-electron chi connectivity index (χ4n) is 2.93. The van der Waals surface area contributed by atoms with E-state index in [-0.39, 0.29) is 18.1 Å². The Balaban J connectivity index is 1.62. The van der Waals surface area contributed by atoms with Crippen LogP contribution in [0.2, 0.25) is 0 Å². The second kappa shape index (κ2) is 6.84. The minimum absolute atomic E-state index is 0.137. The molecule has 1 aliphatic rings. The van der Waals surface area contributed by atoms with E-state index < -0.39 is 10.0 Å². The number of aryl methyl sites for hydroxylation is 1. The van der Waals surface area contributed by atoms with Gasteiger partial charge in [-0.25, -0.2) is 12.8 Å². The van der Waals surface area contributed by atoms with Crippen molar-refractivity contribution in [3.63, 3.8) is 0 Å². The molecule has 132 valence electrons. The molecular weight excluding hydrogens is 343 g/mol. The van der Waals surface area contributed by atoms with Crippen LogP contribution in [0.3, 0.4) is 0 Å². The van der Waals surface area contributed by atoms with E-state index >= 15 is 0 Å². The summed E-state index contributed by atoms with van der Waals surface area (Å²) in [7, 11) is -3.27. The molecule has 1 N–H and O–H groups in total. The van der Waals surface area contributed by atoms with Crippen molar-refractivity contribution in [1.29, 1.82) is 0 Å². The molecule has 0 bridgehead atoms. The highest BCUT2D eigenvalue weighted by Crippen LogP contribution is 2.32. The number of halogens is 1. The van der Waals surface area contributed by atoms with E-state index in [1.54, 1.807) is 24.3 Å². The van der Waals surface area contributed by atoms with Gasteiger partial charge in [-0.1, -0.05) is 12.1 Å². The zero-order valence-corrected chi connectivity index (χ0v) is 14.6. The van der Waals surface area contributed by atoms with Gasteiger partial charge in [0.25, 0.3) is 0 Å². The summed E-state index contributed by atoms with van der Waals surface area (Å²) in [5.74, 6) is -0.434. The van der Waals surface area contributed by atoms with Gasteiger partial charge in [-0.15, -0.1) is 0 Å². The van der Waals surface area contributed by atoms with Crippen molar-refractivity contribution in [1.82, 2.24) is 0 Å². The summed E-state index contributed by atoms with van der Waals surface area (Å²) in [5, 5.41) is 2.83. The molecule has 3 rings (SSSR count). The minimum atomic E-state index is -3.27. The van der Waals surface area contributed by atoms with Crippen LogP contribution in [0.5, 0.6) is 0 Å². The lowest BCUT2D eigenvalue weighted by atomic mass is 10.1. The molecule has 0 spiro atoms. The third-order valence-corrected chi connectivity index (χ3v) is 5.35. The monoisotopic (exact) mass is 362 g/mol. The van der Waals surface area contributed by atoms with Crippen molar-refractivity contribution in [3.8, 4) is 0 Å². The normalized spacial score (nSPS) is 13.6. The van der Waals surface area contributed by atoms with Gasteiger partial charge >= 0.3 is 0 Å². The van der Waals surface area contributed by atoms with Crippen molar-refractivity contribution in [2.45, 2.75) is 19.3 Å². The van der Waals surface area contributed by atoms with Gasteiger partial charge in [-0.2, -0.15) is 0 Å². The zero-order valence-electron chi connectivity index (χ0n) is 13.8. The highest BCUT2D eigenvalue weighted by atomic mass is 32.2. The Morgan fingerprint density at radius 3 is 2.60 bits per heavy atom. The third-order valence-electron chi connectivity index (χ3n) is 4.17. The number of amides is 1. The van der Waals surface area contributed by atoms with E-state index in [1.165, 1.54) is 22.7 Å². The predicted octanol–water partition coefficient (Wildman–Crippen LogP) is 2.72. The summed E-state index contributed by atoms with van der Waals surface area (Å²) >= 11 is 0. The first-order valence-electron chi connectivity index (χ1n) is 7.98. The molecule has 7 heteroatoms. The maximum absolute atomic E-state index is 12.9. The number of nitrogens with zero attached hydrogens (tertiary/aromatic N) is 1. The molecule has 0 aliphatic carbocycles. The van der Waals surface area contributed by atoms with Gasteiger partial charge in [0.15, 0.2) is 0 Å². The summed E-state index contributed by atoms with van der Waals surface area (Å²) in [6, 6.07) is 11.3. The highest BCUT2D eigenvalue weighted by Gasteiger charge is 2.26. The van der Waals surface area contributed by atoms with Crippen molar-refractivity contribution >= 4 is 27.3 Å². The number of anilines is 2. The Hall–Kier alpha value is -2.41. The lowest BCUT2D eigenvalue weighted by molar-refractivity contribution is -0.116. The molecule has 2 aromatic carbocycles. The standard InChI is InChI=1S/C18H19FN2O3S/c1-25(23,24)21-11-10-14-12-16(7-8-17(14)21)20-18(22)9-4-13-2-5-15(19)6-3-13/h2-3,5-8,12H,4,9-11H2,1H3,(H,20,22). The lowest BCUT2D eigenvalue weighted by Crippen LogP contribution is -2.27. The lowest BCUT2D eigenvalue weighted by Gasteiger charge is -2.16. The Kier molecular flexibility index (Phi) is 4.76. The molecule has 0 fully saturated rings. The van der Waals surface area contributed by atoms with E-state index in [4.69, 9.17) is 0 Å². The molecule has 1 amide bonds. The summed E-state index contributed by atoms with van der Waals surface area (Å²) in [5.41, 5.74) is 3.13. The Morgan fingerprint density at radius 2 is 1.92 bits per heavy atom. The second-order valence-electron chi connectivity index (χ2n) is 6.10. The van der Waals surface area contributed by atoms with E-state index in [2.05, 4.69) is 5.32 Å². The van der Waals surface area contributed by atoms with Gasteiger partial charge < -0.3 is 5.32 Å². The molecule has 0 saturated heterocycles. The van der Waals surface area contributed by atoms with Gasteiger partial charge in [-0.05, 0) is 54.3 Å². The summed E-state index contributed by atoms with van der Waals surface area (Å²) in [6.07, 6.45) is 2.63. The van der Waals surface area contributed by atoms with Crippen molar-refractivity contribution in [2.75, 3.05) is 22.4 Å². The number of carbonyl (C=O) groups excluding carboxylic acids is 1. The van der Waals surface area contributed by atoms with Gasteiger partial charge in [0.05, 0.1) is 11.9 Å². The van der Waals surface area contributed by atoms with Crippen LogP contribution >= 0.6 is 0 Å². The van der Waals surface area contributed by atoms with Crippen LogP contribution < -0.4 is 9.62 Å². The molecular formula is C18H19FN2O3S. The first-order valence-corrected chi connectivity index (χ1v) is 9.83.